The predicted octanol–water partition coefficient (Wildman–Crippen LogP) is 2.34. The van der Waals surface area contributed by atoms with Gasteiger partial charge in [-0.2, -0.15) is 0 Å². The first-order valence-electron chi connectivity index (χ1n) is 4.95. The molecule has 2 rings (SSSR count). The molecule has 1 heterocycles. The zero-order valence-corrected chi connectivity index (χ0v) is 9.36. The average molecular weight is 209 g/mol. The first-order chi connectivity index (χ1) is 6.70. The maximum Gasteiger partial charge on any atom is 0.0623 e. The summed E-state index contributed by atoms with van der Waals surface area (Å²) in [4.78, 5) is 0.974. The molecule has 1 atom stereocenters. The van der Waals surface area contributed by atoms with Gasteiger partial charge in [0.25, 0.3) is 0 Å². The summed E-state index contributed by atoms with van der Waals surface area (Å²) in [6, 6.07) is 6.07. The van der Waals surface area contributed by atoms with Gasteiger partial charge in [-0.3, -0.25) is 4.21 Å². The lowest BCUT2D eigenvalue weighted by Gasteiger charge is -2.22. The summed E-state index contributed by atoms with van der Waals surface area (Å²) in [5, 5.41) is 3.35. The smallest absolute Gasteiger partial charge is 0.0623 e. The van der Waals surface area contributed by atoms with Crippen LogP contribution in [-0.4, -0.2) is 16.5 Å². The van der Waals surface area contributed by atoms with E-state index in [4.69, 9.17) is 0 Å². The minimum Gasteiger partial charge on any atom is -0.383 e. The molecular weight excluding hydrogens is 194 g/mol. The van der Waals surface area contributed by atoms with E-state index in [0.717, 1.165) is 22.9 Å². The molecule has 0 aliphatic carbocycles. The molecule has 0 aromatic heterocycles. The number of benzene rings is 1. The number of nitrogens with one attached hydrogen (secondary N) is 1. The van der Waals surface area contributed by atoms with Gasteiger partial charge in [-0.1, -0.05) is 26.0 Å². The molecule has 1 N–H and O–H groups in total. The zero-order chi connectivity index (χ0) is 10.1. The molecule has 0 fully saturated rings. The third-order valence-corrected chi connectivity index (χ3v) is 3.92. The summed E-state index contributed by atoms with van der Waals surface area (Å²) in [7, 11) is -0.804. The van der Waals surface area contributed by atoms with Gasteiger partial charge in [0.2, 0.25) is 0 Å². The Kier molecular flexibility index (Phi) is 2.59. The van der Waals surface area contributed by atoms with Gasteiger partial charge in [0.1, 0.15) is 0 Å². The summed E-state index contributed by atoms with van der Waals surface area (Å²) in [6.07, 6.45) is 0. The quantitative estimate of drug-likeness (QED) is 0.769. The van der Waals surface area contributed by atoms with E-state index in [1.807, 2.05) is 12.1 Å². The Morgan fingerprint density at radius 2 is 2.21 bits per heavy atom. The van der Waals surface area contributed by atoms with Crippen LogP contribution in [0.4, 0.5) is 5.69 Å². The fourth-order valence-corrected chi connectivity index (χ4v) is 2.94. The van der Waals surface area contributed by atoms with Gasteiger partial charge < -0.3 is 5.32 Å². The van der Waals surface area contributed by atoms with Crippen molar-refractivity contribution in [1.82, 2.24) is 0 Å². The third kappa shape index (κ3) is 1.57. The maximum atomic E-state index is 11.7. The molecule has 1 aliphatic rings. The second-order valence-electron chi connectivity index (χ2n) is 3.85. The predicted molar refractivity (Wildman–Crippen MR) is 60.3 cm³/mol. The molecule has 1 unspecified atom stereocenters. The number of hydrogen-bond donors (Lipinski definition) is 1. The van der Waals surface area contributed by atoms with E-state index < -0.39 is 10.8 Å². The van der Waals surface area contributed by atoms with Crippen LogP contribution in [-0.2, 0) is 10.8 Å². The lowest BCUT2D eigenvalue weighted by Crippen LogP contribution is -2.20. The highest BCUT2D eigenvalue weighted by Gasteiger charge is 2.18. The van der Waals surface area contributed by atoms with Crippen molar-refractivity contribution in [2.24, 2.45) is 0 Å². The molecule has 0 radical (unpaired) electrons. The molecule has 1 aromatic rings. The van der Waals surface area contributed by atoms with Crippen LogP contribution in [0.25, 0.3) is 0 Å². The van der Waals surface area contributed by atoms with E-state index in [9.17, 15) is 4.21 Å². The van der Waals surface area contributed by atoms with Crippen molar-refractivity contribution in [2.45, 2.75) is 24.7 Å². The standard InChI is InChI=1S/C11H15NOS/c1-8(2)9-4-3-5-10-11(9)12-6-7-14(10)13/h3-5,8,12H,6-7H2,1-2H3. The fourth-order valence-electron chi connectivity index (χ4n) is 1.79. The second kappa shape index (κ2) is 3.73. The summed E-state index contributed by atoms with van der Waals surface area (Å²) in [5.41, 5.74) is 2.38. The van der Waals surface area contributed by atoms with Crippen molar-refractivity contribution >= 4 is 16.5 Å². The molecule has 0 saturated heterocycles. The molecule has 0 spiro atoms. The van der Waals surface area contributed by atoms with Crippen LogP contribution in [0.1, 0.15) is 25.3 Å². The fraction of sp³-hybridized carbons (Fsp3) is 0.455. The molecule has 3 heteroatoms. The van der Waals surface area contributed by atoms with Gasteiger partial charge in [-0.25, -0.2) is 0 Å². The van der Waals surface area contributed by atoms with Gasteiger partial charge in [0.15, 0.2) is 0 Å². The molecule has 0 amide bonds. The molecule has 1 aliphatic heterocycles. The van der Waals surface area contributed by atoms with Gasteiger partial charge in [-0.05, 0) is 17.5 Å². The Morgan fingerprint density at radius 3 is 2.93 bits per heavy atom. The van der Waals surface area contributed by atoms with Crippen LogP contribution in [0, 0.1) is 0 Å². The van der Waals surface area contributed by atoms with Crippen LogP contribution in [0.5, 0.6) is 0 Å². The van der Waals surface area contributed by atoms with E-state index in [1.165, 1.54) is 5.56 Å². The normalized spacial score (nSPS) is 20.4. The van der Waals surface area contributed by atoms with Gasteiger partial charge in [-0.15, -0.1) is 0 Å². The molecule has 0 saturated carbocycles. The summed E-state index contributed by atoms with van der Waals surface area (Å²) < 4.78 is 11.7. The third-order valence-electron chi connectivity index (χ3n) is 2.51. The topological polar surface area (TPSA) is 29.1 Å². The molecule has 1 aromatic carbocycles. The Balaban J connectivity index is 2.55. The van der Waals surface area contributed by atoms with Crippen molar-refractivity contribution < 1.29 is 4.21 Å². The Labute approximate surface area is 87.2 Å². The van der Waals surface area contributed by atoms with Crippen molar-refractivity contribution in [3.8, 4) is 0 Å². The number of para-hydroxylation sites is 1. The van der Waals surface area contributed by atoms with E-state index in [-0.39, 0.29) is 0 Å². The van der Waals surface area contributed by atoms with E-state index in [1.54, 1.807) is 0 Å². The molecule has 0 bridgehead atoms. The maximum absolute atomic E-state index is 11.7. The summed E-state index contributed by atoms with van der Waals surface area (Å²) in [6.45, 7) is 5.15. The van der Waals surface area contributed by atoms with E-state index >= 15 is 0 Å². The minimum atomic E-state index is -0.804. The highest BCUT2D eigenvalue weighted by Crippen LogP contribution is 2.31. The summed E-state index contributed by atoms with van der Waals surface area (Å²) in [5.74, 6) is 1.21. The van der Waals surface area contributed by atoms with E-state index in [0.29, 0.717) is 5.92 Å². The minimum absolute atomic E-state index is 0.479. The van der Waals surface area contributed by atoms with Crippen molar-refractivity contribution in [2.75, 3.05) is 17.6 Å². The molecule has 14 heavy (non-hydrogen) atoms. The van der Waals surface area contributed by atoms with Crippen LogP contribution >= 0.6 is 0 Å². The first kappa shape index (κ1) is 9.71. The SMILES string of the molecule is CC(C)c1cccc2c1NCCS2=O. The molecule has 2 nitrogen and oxygen atoms in total. The lowest BCUT2D eigenvalue weighted by atomic mass is 10.0. The number of fused-ring (bicyclic) bond motifs is 1. The highest BCUT2D eigenvalue weighted by molar-refractivity contribution is 7.85. The lowest BCUT2D eigenvalue weighted by molar-refractivity contribution is 0.681. The monoisotopic (exact) mass is 209 g/mol. The van der Waals surface area contributed by atoms with Gasteiger partial charge >= 0.3 is 0 Å². The molecular formula is C11H15NOS. The first-order valence-corrected chi connectivity index (χ1v) is 6.27. The Hall–Kier alpha value is -0.830. The van der Waals surface area contributed by atoms with Crippen LogP contribution in [0.2, 0.25) is 0 Å². The van der Waals surface area contributed by atoms with Crippen molar-refractivity contribution in [3.05, 3.63) is 23.8 Å². The van der Waals surface area contributed by atoms with Crippen molar-refractivity contribution in [3.63, 3.8) is 0 Å². The van der Waals surface area contributed by atoms with Gasteiger partial charge in [0.05, 0.1) is 21.4 Å². The highest BCUT2D eigenvalue weighted by atomic mass is 32.2. The van der Waals surface area contributed by atoms with Crippen LogP contribution in [0.15, 0.2) is 23.1 Å². The van der Waals surface area contributed by atoms with Crippen LogP contribution in [0.3, 0.4) is 0 Å². The largest absolute Gasteiger partial charge is 0.383 e. The second-order valence-corrected chi connectivity index (χ2v) is 5.39. The van der Waals surface area contributed by atoms with Crippen molar-refractivity contribution in [1.29, 1.82) is 0 Å². The Morgan fingerprint density at radius 1 is 1.43 bits per heavy atom. The summed E-state index contributed by atoms with van der Waals surface area (Å²) >= 11 is 0. The number of anilines is 1. The van der Waals surface area contributed by atoms with Gasteiger partial charge in [0, 0.05) is 12.3 Å². The number of rotatable bonds is 1. The Bertz CT molecular complexity index is 374. The number of hydrogen-bond acceptors (Lipinski definition) is 2. The van der Waals surface area contributed by atoms with E-state index in [2.05, 4.69) is 25.2 Å². The zero-order valence-electron chi connectivity index (χ0n) is 8.54. The average Bonchev–Trinajstić information content (AvgIpc) is 2.17. The molecule has 76 valence electrons. The van der Waals surface area contributed by atoms with Crippen LogP contribution < -0.4 is 5.32 Å².